The molecule has 0 aliphatic rings. The summed E-state index contributed by atoms with van der Waals surface area (Å²) in [7, 11) is 1.75. The van der Waals surface area contributed by atoms with Crippen molar-refractivity contribution in [3.8, 4) is 11.5 Å². The lowest BCUT2D eigenvalue weighted by molar-refractivity contribution is 0.0941. The van der Waals surface area contributed by atoms with Crippen LogP contribution in [0.5, 0.6) is 11.5 Å². The van der Waals surface area contributed by atoms with Gasteiger partial charge in [-0.1, -0.05) is 31.2 Å². The average Bonchev–Trinajstić information content (AvgIpc) is 3.03. The number of aromatic nitrogens is 2. The number of nitrogens with zero attached hydrogens (tertiary/aromatic N) is 2. The van der Waals surface area contributed by atoms with E-state index in [1.165, 1.54) is 6.07 Å². The summed E-state index contributed by atoms with van der Waals surface area (Å²) in [6.07, 6.45) is 0.774. The van der Waals surface area contributed by atoms with E-state index in [-0.39, 0.29) is 11.7 Å². The van der Waals surface area contributed by atoms with Crippen LogP contribution in [-0.2, 0) is 20.0 Å². The lowest BCUT2D eigenvalue weighted by Crippen LogP contribution is -2.25. The first kappa shape index (κ1) is 17.7. The molecule has 1 aromatic heterocycles. The molecule has 2 aromatic carbocycles. The molecule has 26 heavy (non-hydrogen) atoms. The second-order valence-corrected chi connectivity index (χ2v) is 5.86. The van der Waals surface area contributed by atoms with Crippen LogP contribution in [0, 0.1) is 5.82 Å². The lowest BCUT2D eigenvalue weighted by Gasteiger charge is -2.09. The summed E-state index contributed by atoms with van der Waals surface area (Å²) in [5, 5.41) is 7.14. The van der Waals surface area contributed by atoms with E-state index in [4.69, 9.17) is 4.74 Å². The summed E-state index contributed by atoms with van der Waals surface area (Å²) >= 11 is 0. The van der Waals surface area contributed by atoms with Crippen LogP contribution < -0.4 is 10.1 Å². The number of aryl methyl sites for hydroxylation is 2. The van der Waals surface area contributed by atoms with Crippen molar-refractivity contribution in [2.24, 2.45) is 7.05 Å². The van der Waals surface area contributed by atoms with Gasteiger partial charge in [-0.15, -0.1) is 0 Å². The topological polar surface area (TPSA) is 56.1 Å². The molecule has 0 aliphatic carbocycles. The van der Waals surface area contributed by atoms with Gasteiger partial charge in [0.25, 0.3) is 5.91 Å². The zero-order valence-electron chi connectivity index (χ0n) is 14.7. The van der Waals surface area contributed by atoms with E-state index in [0.717, 1.165) is 17.7 Å². The van der Waals surface area contributed by atoms with Crippen LogP contribution in [0.3, 0.4) is 0 Å². The van der Waals surface area contributed by atoms with Crippen molar-refractivity contribution in [1.29, 1.82) is 0 Å². The highest BCUT2D eigenvalue weighted by molar-refractivity contribution is 5.92. The Labute approximate surface area is 151 Å². The quantitative estimate of drug-likeness (QED) is 0.732. The average molecular weight is 353 g/mol. The molecule has 0 unspecified atom stereocenters. The summed E-state index contributed by atoms with van der Waals surface area (Å²) in [6.45, 7) is 2.32. The molecule has 0 spiro atoms. The van der Waals surface area contributed by atoms with Crippen molar-refractivity contribution in [3.63, 3.8) is 0 Å². The van der Waals surface area contributed by atoms with Crippen LogP contribution in [0.25, 0.3) is 0 Å². The number of benzene rings is 2. The molecule has 5 nitrogen and oxygen atoms in total. The number of rotatable bonds is 6. The number of halogens is 1. The van der Waals surface area contributed by atoms with E-state index < -0.39 is 5.82 Å². The fourth-order valence-corrected chi connectivity index (χ4v) is 2.56. The van der Waals surface area contributed by atoms with Crippen LogP contribution in [0.4, 0.5) is 4.39 Å². The molecule has 134 valence electrons. The highest BCUT2D eigenvalue weighted by Crippen LogP contribution is 2.24. The van der Waals surface area contributed by atoms with Gasteiger partial charge < -0.3 is 10.1 Å². The maximum absolute atomic E-state index is 13.7. The molecule has 0 atom stereocenters. The predicted molar refractivity (Wildman–Crippen MR) is 96.7 cm³/mol. The first-order chi connectivity index (χ1) is 12.6. The van der Waals surface area contributed by atoms with Crippen LogP contribution in [0.1, 0.15) is 28.7 Å². The minimum absolute atomic E-state index is 0.163. The molecular weight excluding hydrogens is 333 g/mol. The molecule has 0 saturated heterocycles. The zero-order valence-corrected chi connectivity index (χ0v) is 14.7. The van der Waals surface area contributed by atoms with E-state index in [9.17, 15) is 9.18 Å². The SMILES string of the molecule is CCc1cc(C(=O)NCc2cccc(Oc3ccccc3F)c2)n(C)n1. The Morgan fingerprint density at radius 3 is 2.73 bits per heavy atom. The Morgan fingerprint density at radius 1 is 1.19 bits per heavy atom. The Kier molecular flexibility index (Phi) is 5.31. The van der Waals surface area contributed by atoms with Gasteiger partial charge in [0.05, 0.1) is 5.69 Å². The number of para-hydroxylation sites is 1. The Morgan fingerprint density at radius 2 is 2.00 bits per heavy atom. The van der Waals surface area contributed by atoms with Crippen LogP contribution >= 0.6 is 0 Å². The molecule has 0 aliphatic heterocycles. The van der Waals surface area contributed by atoms with Gasteiger partial charge in [-0.2, -0.15) is 5.10 Å². The molecule has 3 aromatic rings. The van der Waals surface area contributed by atoms with Crippen LogP contribution in [0.15, 0.2) is 54.6 Å². The number of ether oxygens (including phenoxy) is 1. The summed E-state index contributed by atoms with van der Waals surface area (Å²) in [5.74, 6) is 0.0561. The van der Waals surface area contributed by atoms with E-state index in [1.54, 1.807) is 54.2 Å². The fraction of sp³-hybridized carbons (Fsp3) is 0.200. The van der Waals surface area contributed by atoms with E-state index in [2.05, 4.69) is 10.4 Å². The van der Waals surface area contributed by atoms with E-state index >= 15 is 0 Å². The number of amides is 1. The van der Waals surface area contributed by atoms with Gasteiger partial charge >= 0.3 is 0 Å². The minimum Gasteiger partial charge on any atom is -0.454 e. The van der Waals surface area contributed by atoms with Crippen molar-refractivity contribution in [1.82, 2.24) is 15.1 Å². The maximum atomic E-state index is 13.7. The predicted octanol–water partition coefficient (Wildman–Crippen LogP) is 3.84. The molecule has 0 bridgehead atoms. The van der Waals surface area contributed by atoms with Gasteiger partial charge in [-0.3, -0.25) is 9.48 Å². The van der Waals surface area contributed by atoms with Crippen LogP contribution in [0.2, 0.25) is 0 Å². The zero-order chi connectivity index (χ0) is 18.5. The monoisotopic (exact) mass is 353 g/mol. The van der Waals surface area contributed by atoms with Crippen molar-refractivity contribution < 1.29 is 13.9 Å². The standard InChI is InChI=1S/C20H20FN3O2/c1-3-15-12-18(24(2)23-15)20(25)22-13-14-7-6-8-16(11-14)26-19-10-5-4-9-17(19)21/h4-12H,3,13H2,1-2H3,(H,22,25). The van der Waals surface area contributed by atoms with E-state index in [0.29, 0.717) is 18.0 Å². The van der Waals surface area contributed by atoms with Gasteiger partial charge in [0, 0.05) is 13.6 Å². The van der Waals surface area contributed by atoms with Gasteiger partial charge in [-0.05, 0) is 42.3 Å². The Balaban J connectivity index is 1.66. The minimum atomic E-state index is -0.422. The summed E-state index contributed by atoms with van der Waals surface area (Å²) in [5.41, 5.74) is 2.24. The largest absolute Gasteiger partial charge is 0.454 e. The Bertz CT molecular complexity index is 921. The van der Waals surface area contributed by atoms with Gasteiger partial charge in [0.15, 0.2) is 11.6 Å². The van der Waals surface area contributed by atoms with Crippen LogP contribution in [-0.4, -0.2) is 15.7 Å². The number of nitrogens with one attached hydrogen (secondary N) is 1. The summed E-state index contributed by atoms with van der Waals surface area (Å²) in [6, 6.07) is 15.2. The van der Waals surface area contributed by atoms with Gasteiger partial charge in [0.1, 0.15) is 11.4 Å². The normalized spacial score (nSPS) is 10.6. The summed E-state index contributed by atoms with van der Waals surface area (Å²) in [4.78, 5) is 12.3. The third kappa shape index (κ3) is 4.08. The number of carbonyl (C=O) groups excluding carboxylic acids is 1. The van der Waals surface area contributed by atoms with Crippen molar-refractivity contribution in [3.05, 3.63) is 77.4 Å². The molecular formula is C20H20FN3O2. The lowest BCUT2D eigenvalue weighted by atomic mass is 10.2. The maximum Gasteiger partial charge on any atom is 0.269 e. The highest BCUT2D eigenvalue weighted by atomic mass is 19.1. The first-order valence-electron chi connectivity index (χ1n) is 8.39. The number of carbonyl (C=O) groups is 1. The molecule has 1 amide bonds. The number of hydrogen-bond donors (Lipinski definition) is 1. The molecule has 0 saturated carbocycles. The van der Waals surface area contributed by atoms with Crippen molar-refractivity contribution in [2.45, 2.75) is 19.9 Å². The fourth-order valence-electron chi connectivity index (χ4n) is 2.56. The second-order valence-electron chi connectivity index (χ2n) is 5.86. The second kappa shape index (κ2) is 7.82. The smallest absolute Gasteiger partial charge is 0.269 e. The molecule has 0 radical (unpaired) electrons. The number of hydrogen-bond acceptors (Lipinski definition) is 3. The molecule has 1 heterocycles. The molecule has 0 fully saturated rings. The van der Waals surface area contributed by atoms with Gasteiger partial charge in [-0.25, -0.2) is 4.39 Å². The molecule has 6 heteroatoms. The van der Waals surface area contributed by atoms with Crippen molar-refractivity contribution >= 4 is 5.91 Å². The third-order valence-electron chi connectivity index (χ3n) is 3.94. The molecule has 1 N–H and O–H groups in total. The van der Waals surface area contributed by atoms with E-state index in [1.807, 2.05) is 13.0 Å². The molecule has 3 rings (SSSR count). The Hall–Kier alpha value is -3.15. The van der Waals surface area contributed by atoms with Crippen molar-refractivity contribution in [2.75, 3.05) is 0 Å². The summed E-state index contributed by atoms with van der Waals surface area (Å²) < 4.78 is 20.8. The van der Waals surface area contributed by atoms with Gasteiger partial charge in [0.2, 0.25) is 0 Å². The third-order valence-corrected chi connectivity index (χ3v) is 3.94. The highest BCUT2D eigenvalue weighted by Gasteiger charge is 2.12. The first-order valence-corrected chi connectivity index (χ1v) is 8.39.